The van der Waals surface area contributed by atoms with Gasteiger partial charge >= 0.3 is 11.9 Å². The Labute approximate surface area is 115 Å². The van der Waals surface area contributed by atoms with Crippen LogP contribution in [-0.2, 0) is 4.74 Å². The molecule has 104 valence electrons. The largest absolute Gasteiger partial charge is 0.475 e. The van der Waals surface area contributed by atoms with E-state index < -0.39 is 11.9 Å². The zero-order valence-corrected chi connectivity index (χ0v) is 11.4. The van der Waals surface area contributed by atoms with E-state index in [1.54, 1.807) is 12.1 Å². The number of hydrogen-bond acceptors (Lipinski definition) is 4. The first-order chi connectivity index (χ1) is 9.43. The molecule has 0 amide bonds. The lowest BCUT2D eigenvalue weighted by Gasteiger charge is -2.09. The molecule has 0 fully saturated rings. The molecule has 0 aliphatic carbocycles. The van der Waals surface area contributed by atoms with E-state index in [9.17, 15) is 9.59 Å². The summed E-state index contributed by atoms with van der Waals surface area (Å²) < 4.78 is 10.0. The zero-order chi connectivity index (χ0) is 14.9. The van der Waals surface area contributed by atoms with Crippen LogP contribution >= 0.6 is 0 Å². The number of hydrogen-bond donors (Lipinski definition) is 1. The molecule has 0 bridgehead atoms. The third-order valence-corrected chi connectivity index (χ3v) is 3.12. The molecule has 1 N–H and O–H groups in total. The Hall–Kier alpha value is -2.56. The second-order valence-corrected chi connectivity index (χ2v) is 4.44. The Kier molecular flexibility index (Phi) is 3.61. The molecule has 0 saturated heterocycles. The predicted molar refractivity (Wildman–Crippen MR) is 71.9 cm³/mol. The second kappa shape index (κ2) is 5.21. The van der Waals surface area contributed by atoms with E-state index in [0.717, 1.165) is 11.1 Å². The van der Waals surface area contributed by atoms with Crippen molar-refractivity contribution in [3.8, 4) is 11.3 Å². The number of carbonyl (C=O) groups excluding carboxylic acids is 1. The van der Waals surface area contributed by atoms with Gasteiger partial charge in [-0.1, -0.05) is 0 Å². The topological polar surface area (TPSA) is 76.7 Å². The lowest BCUT2D eigenvalue weighted by molar-refractivity contribution is 0.0600. The van der Waals surface area contributed by atoms with Crippen LogP contribution in [0, 0.1) is 13.8 Å². The fourth-order valence-corrected chi connectivity index (χ4v) is 1.90. The molecule has 5 heteroatoms. The molecule has 20 heavy (non-hydrogen) atoms. The molecule has 0 atom stereocenters. The van der Waals surface area contributed by atoms with Gasteiger partial charge in [0, 0.05) is 5.56 Å². The van der Waals surface area contributed by atoms with Crippen LogP contribution < -0.4 is 0 Å². The quantitative estimate of drug-likeness (QED) is 0.870. The highest BCUT2D eigenvalue weighted by Gasteiger charge is 2.19. The van der Waals surface area contributed by atoms with Gasteiger partial charge in [0.25, 0.3) is 0 Å². The molecule has 2 rings (SSSR count). The summed E-state index contributed by atoms with van der Waals surface area (Å²) in [6, 6.07) is 6.37. The third kappa shape index (κ3) is 2.42. The highest BCUT2D eigenvalue weighted by Crippen LogP contribution is 2.29. The number of benzene rings is 1. The number of ether oxygens (including phenoxy) is 1. The Morgan fingerprint density at radius 2 is 1.80 bits per heavy atom. The van der Waals surface area contributed by atoms with Gasteiger partial charge in [-0.05, 0) is 49.2 Å². The van der Waals surface area contributed by atoms with Gasteiger partial charge in [-0.2, -0.15) is 0 Å². The zero-order valence-electron chi connectivity index (χ0n) is 11.4. The van der Waals surface area contributed by atoms with Crippen molar-refractivity contribution < 1.29 is 23.8 Å². The van der Waals surface area contributed by atoms with Crippen LogP contribution in [0.1, 0.15) is 32.0 Å². The minimum Gasteiger partial charge on any atom is -0.475 e. The van der Waals surface area contributed by atoms with Gasteiger partial charge in [-0.3, -0.25) is 0 Å². The molecule has 0 unspecified atom stereocenters. The van der Waals surface area contributed by atoms with Gasteiger partial charge in [0.05, 0.1) is 12.7 Å². The number of aryl methyl sites for hydroxylation is 2. The van der Waals surface area contributed by atoms with Crippen LogP contribution in [0.2, 0.25) is 0 Å². The molecule has 1 heterocycles. The highest BCUT2D eigenvalue weighted by molar-refractivity contribution is 5.97. The lowest BCUT2D eigenvalue weighted by Crippen LogP contribution is -2.04. The van der Waals surface area contributed by atoms with Crippen LogP contribution in [0.3, 0.4) is 0 Å². The number of methoxy groups -OCH3 is 1. The van der Waals surface area contributed by atoms with Crippen LogP contribution in [0.15, 0.2) is 28.7 Å². The first kappa shape index (κ1) is 13.9. The summed E-state index contributed by atoms with van der Waals surface area (Å²) in [7, 11) is 1.30. The van der Waals surface area contributed by atoms with Crippen molar-refractivity contribution in [3.63, 3.8) is 0 Å². The maximum absolute atomic E-state index is 11.8. The number of aromatic carboxylic acids is 1. The van der Waals surface area contributed by atoms with Crippen molar-refractivity contribution in [2.24, 2.45) is 0 Å². The van der Waals surface area contributed by atoms with Crippen molar-refractivity contribution in [2.45, 2.75) is 13.8 Å². The van der Waals surface area contributed by atoms with Crippen molar-refractivity contribution in [2.75, 3.05) is 7.11 Å². The summed E-state index contributed by atoms with van der Waals surface area (Å²) >= 11 is 0. The second-order valence-electron chi connectivity index (χ2n) is 4.44. The van der Waals surface area contributed by atoms with Crippen LogP contribution in [-0.4, -0.2) is 24.2 Å². The fraction of sp³-hybridized carbons (Fsp3) is 0.200. The monoisotopic (exact) mass is 274 g/mol. The average molecular weight is 274 g/mol. The summed E-state index contributed by atoms with van der Waals surface area (Å²) in [4.78, 5) is 22.7. The first-order valence-electron chi connectivity index (χ1n) is 5.97. The molecule has 5 nitrogen and oxygen atoms in total. The fourth-order valence-electron chi connectivity index (χ4n) is 1.90. The smallest absolute Gasteiger partial charge is 0.371 e. The summed E-state index contributed by atoms with van der Waals surface area (Å²) in [5.74, 6) is -1.49. The maximum atomic E-state index is 11.8. The summed E-state index contributed by atoms with van der Waals surface area (Å²) in [6.07, 6.45) is 0. The highest BCUT2D eigenvalue weighted by atomic mass is 16.5. The van der Waals surface area contributed by atoms with Gasteiger partial charge in [-0.15, -0.1) is 0 Å². The molecular formula is C15H14O5. The standard InChI is InChI=1S/C15H14O5/c1-8-6-10(11(7-9(8)2)15(18)19-3)12-4-5-13(20-12)14(16)17/h4-7H,1-3H3,(H,16,17). The van der Waals surface area contributed by atoms with E-state index in [-0.39, 0.29) is 5.76 Å². The van der Waals surface area contributed by atoms with E-state index in [1.165, 1.54) is 19.2 Å². The van der Waals surface area contributed by atoms with Crippen LogP contribution in [0.4, 0.5) is 0 Å². The van der Waals surface area contributed by atoms with Crippen molar-refractivity contribution in [1.29, 1.82) is 0 Å². The Morgan fingerprint density at radius 1 is 1.15 bits per heavy atom. The Bertz CT molecular complexity index is 682. The van der Waals surface area contributed by atoms with E-state index in [1.807, 2.05) is 13.8 Å². The number of furan rings is 1. The number of rotatable bonds is 3. The molecule has 0 radical (unpaired) electrons. The number of carboxylic acid groups (broad SMARTS) is 1. The number of esters is 1. The van der Waals surface area contributed by atoms with Gasteiger partial charge in [0.15, 0.2) is 0 Å². The minimum absolute atomic E-state index is 0.172. The number of carboxylic acids is 1. The van der Waals surface area contributed by atoms with Gasteiger partial charge in [0.2, 0.25) is 5.76 Å². The molecule has 1 aromatic heterocycles. The van der Waals surface area contributed by atoms with Crippen molar-refractivity contribution >= 4 is 11.9 Å². The average Bonchev–Trinajstić information content (AvgIpc) is 2.90. The maximum Gasteiger partial charge on any atom is 0.371 e. The lowest BCUT2D eigenvalue weighted by atomic mass is 9.98. The molecular weight excluding hydrogens is 260 g/mol. The van der Waals surface area contributed by atoms with E-state index >= 15 is 0 Å². The first-order valence-corrected chi connectivity index (χ1v) is 5.97. The summed E-state index contributed by atoms with van der Waals surface area (Å²) in [6.45, 7) is 3.79. The molecule has 1 aromatic carbocycles. The van der Waals surface area contributed by atoms with Gasteiger partial charge in [-0.25, -0.2) is 9.59 Å². The molecule has 2 aromatic rings. The molecule has 0 aliphatic rings. The number of carbonyl (C=O) groups is 2. The van der Waals surface area contributed by atoms with Crippen LogP contribution in [0.5, 0.6) is 0 Å². The minimum atomic E-state index is -1.15. The van der Waals surface area contributed by atoms with Gasteiger partial charge < -0.3 is 14.3 Å². The van der Waals surface area contributed by atoms with E-state index in [2.05, 4.69) is 0 Å². The van der Waals surface area contributed by atoms with Gasteiger partial charge in [0.1, 0.15) is 5.76 Å². The van der Waals surface area contributed by atoms with E-state index in [4.69, 9.17) is 14.3 Å². The SMILES string of the molecule is COC(=O)c1cc(C)c(C)cc1-c1ccc(C(=O)O)o1. The molecule has 0 aliphatic heterocycles. The molecule has 0 saturated carbocycles. The van der Waals surface area contributed by atoms with E-state index in [0.29, 0.717) is 16.9 Å². The Morgan fingerprint density at radius 3 is 2.35 bits per heavy atom. The van der Waals surface area contributed by atoms with Crippen molar-refractivity contribution in [3.05, 3.63) is 46.7 Å². The molecule has 0 spiro atoms. The normalized spacial score (nSPS) is 10.3. The van der Waals surface area contributed by atoms with Crippen molar-refractivity contribution in [1.82, 2.24) is 0 Å². The predicted octanol–water partition coefficient (Wildman–Crippen LogP) is 3.05. The summed E-state index contributed by atoms with van der Waals surface area (Å²) in [5.41, 5.74) is 2.79. The third-order valence-electron chi connectivity index (χ3n) is 3.12. The van der Waals surface area contributed by atoms with Crippen LogP contribution in [0.25, 0.3) is 11.3 Å². The Balaban J connectivity index is 2.61. The summed E-state index contributed by atoms with van der Waals surface area (Å²) in [5, 5.41) is 8.88.